The number of amides is 1. The molecule has 0 unspecified atom stereocenters. The number of nitrogens with zero attached hydrogens (tertiary/aromatic N) is 3. The Kier molecular flexibility index (Phi) is 6.56. The predicted octanol–water partition coefficient (Wildman–Crippen LogP) is 3.46. The van der Waals surface area contributed by atoms with Gasteiger partial charge in [0.05, 0.1) is 28.6 Å². The van der Waals surface area contributed by atoms with Crippen LogP contribution in [0.15, 0.2) is 40.1 Å². The van der Waals surface area contributed by atoms with Crippen molar-refractivity contribution in [2.75, 3.05) is 18.6 Å². The van der Waals surface area contributed by atoms with Crippen LogP contribution in [0.4, 0.5) is 0 Å². The molecule has 28 heavy (non-hydrogen) atoms. The standard InChI is InChI=1S/C19H24BrN3O3S2/c1-4-23-17(14-5-7-15(20)8-6-14)11-21-19(23)27-13(2)18(24)22(3)16-9-10-28(25,26)12-16/h5-8,11,13,16H,4,9-10,12H2,1-3H3/t13-,16+/m0/s1. The molecule has 1 saturated heterocycles. The molecule has 1 aromatic carbocycles. The molecule has 152 valence electrons. The number of aromatic nitrogens is 2. The van der Waals surface area contributed by atoms with Crippen LogP contribution in [-0.4, -0.2) is 58.6 Å². The van der Waals surface area contributed by atoms with Gasteiger partial charge in [0.2, 0.25) is 5.91 Å². The first-order valence-corrected chi connectivity index (χ1v) is 12.7. The van der Waals surface area contributed by atoms with Crippen molar-refractivity contribution >= 4 is 43.4 Å². The first-order chi connectivity index (χ1) is 13.2. The van der Waals surface area contributed by atoms with Gasteiger partial charge in [0.1, 0.15) is 0 Å². The summed E-state index contributed by atoms with van der Waals surface area (Å²) in [5, 5.41) is 0.437. The zero-order valence-electron chi connectivity index (χ0n) is 16.1. The number of imidazole rings is 1. The monoisotopic (exact) mass is 485 g/mol. The number of halogens is 1. The van der Waals surface area contributed by atoms with Gasteiger partial charge in [-0.3, -0.25) is 4.79 Å². The molecule has 2 heterocycles. The highest BCUT2D eigenvalue weighted by Gasteiger charge is 2.34. The maximum atomic E-state index is 12.8. The lowest BCUT2D eigenvalue weighted by Crippen LogP contribution is -2.41. The quantitative estimate of drug-likeness (QED) is 0.585. The number of sulfone groups is 1. The van der Waals surface area contributed by atoms with Gasteiger partial charge in [-0.05, 0) is 38.0 Å². The van der Waals surface area contributed by atoms with Crippen LogP contribution >= 0.6 is 27.7 Å². The number of benzene rings is 1. The molecule has 9 heteroatoms. The highest BCUT2D eigenvalue weighted by molar-refractivity contribution is 9.10. The van der Waals surface area contributed by atoms with Crippen LogP contribution in [0.25, 0.3) is 11.3 Å². The maximum Gasteiger partial charge on any atom is 0.235 e. The summed E-state index contributed by atoms with van der Waals surface area (Å²) in [5.41, 5.74) is 2.07. The summed E-state index contributed by atoms with van der Waals surface area (Å²) in [4.78, 5) is 19.0. The van der Waals surface area contributed by atoms with Gasteiger partial charge in [-0.25, -0.2) is 13.4 Å². The summed E-state index contributed by atoms with van der Waals surface area (Å²) >= 11 is 4.86. The number of carbonyl (C=O) groups excluding carboxylic acids is 1. The minimum Gasteiger partial charge on any atom is -0.341 e. The molecule has 0 radical (unpaired) electrons. The first kappa shape index (κ1) is 21.4. The van der Waals surface area contributed by atoms with E-state index in [1.165, 1.54) is 11.8 Å². The Morgan fingerprint density at radius 2 is 2.07 bits per heavy atom. The van der Waals surface area contributed by atoms with Crippen molar-refractivity contribution in [3.63, 3.8) is 0 Å². The number of carbonyl (C=O) groups is 1. The molecular formula is C19H24BrN3O3S2. The van der Waals surface area contributed by atoms with Crippen molar-refractivity contribution in [1.82, 2.24) is 14.5 Å². The van der Waals surface area contributed by atoms with E-state index in [0.717, 1.165) is 27.4 Å². The molecule has 1 aliphatic heterocycles. The lowest BCUT2D eigenvalue weighted by Gasteiger charge is -2.26. The maximum absolute atomic E-state index is 12.8. The van der Waals surface area contributed by atoms with E-state index in [0.29, 0.717) is 6.42 Å². The van der Waals surface area contributed by atoms with Gasteiger partial charge in [-0.1, -0.05) is 39.8 Å². The van der Waals surface area contributed by atoms with E-state index in [1.807, 2.05) is 37.4 Å². The minimum atomic E-state index is -3.02. The third kappa shape index (κ3) is 4.63. The van der Waals surface area contributed by atoms with Gasteiger partial charge >= 0.3 is 0 Å². The van der Waals surface area contributed by atoms with Crippen LogP contribution in [0.1, 0.15) is 20.3 Å². The van der Waals surface area contributed by atoms with E-state index in [1.54, 1.807) is 11.9 Å². The Labute approximate surface area is 178 Å². The molecule has 1 aromatic heterocycles. The molecule has 1 aliphatic rings. The van der Waals surface area contributed by atoms with Gasteiger partial charge in [0, 0.05) is 24.1 Å². The largest absolute Gasteiger partial charge is 0.341 e. The zero-order chi connectivity index (χ0) is 20.5. The van der Waals surface area contributed by atoms with Gasteiger partial charge < -0.3 is 9.47 Å². The number of rotatable bonds is 6. The lowest BCUT2D eigenvalue weighted by atomic mass is 10.2. The van der Waals surface area contributed by atoms with Crippen LogP contribution in [0.3, 0.4) is 0 Å². The Morgan fingerprint density at radius 3 is 2.64 bits per heavy atom. The Hall–Kier alpha value is -1.32. The summed E-state index contributed by atoms with van der Waals surface area (Å²) in [5.74, 6) is 0.153. The van der Waals surface area contributed by atoms with E-state index >= 15 is 0 Å². The molecule has 1 fully saturated rings. The fourth-order valence-corrected chi connectivity index (χ4v) is 6.46. The summed E-state index contributed by atoms with van der Waals surface area (Å²) in [6, 6.07) is 7.82. The van der Waals surface area contributed by atoms with Crippen LogP contribution in [0, 0.1) is 0 Å². The highest BCUT2D eigenvalue weighted by atomic mass is 79.9. The summed E-state index contributed by atoms with van der Waals surface area (Å²) < 4.78 is 26.5. The molecule has 3 rings (SSSR count). The predicted molar refractivity (Wildman–Crippen MR) is 116 cm³/mol. The van der Waals surface area contributed by atoms with Crippen molar-refractivity contribution < 1.29 is 13.2 Å². The topological polar surface area (TPSA) is 72.3 Å². The first-order valence-electron chi connectivity index (χ1n) is 9.17. The molecule has 0 saturated carbocycles. The van der Waals surface area contributed by atoms with E-state index in [4.69, 9.17) is 0 Å². The smallest absolute Gasteiger partial charge is 0.235 e. The molecular weight excluding hydrogens is 462 g/mol. The fourth-order valence-electron chi connectivity index (χ4n) is 3.37. The van der Waals surface area contributed by atoms with Crippen molar-refractivity contribution in [2.45, 2.75) is 43.3 Å². The Morgan fingerprint density at radius 1 is 1.39 bits per heavy atom. The van der Waals surface area contributed by atoms with Crippen LogP contribution in [-0.2, 0) is 21.2 Å². The average Bonchev–Trinajstić information content (AvgIpc) is 3.23. The summed E-state index contributed by atoms with van der Waals surface area (Å²) in [6.07, 6.45) is 2.35. The van der Waals surface area contributed by atoms with E-state index < -0.39 is 9.84 Å². The second-order valence-electron chi connectivity index (χ2n) is 6.94. The van der Waals surface area contributed by atoms with E-state index in [2.05, 4.69) is 32.4 Å². The second-order valence-corrected chi connectivity index (χ2v) is 11.4. The lowest BCUT2D eigenvalue weighted by molar-refractivity contribution is -0.130. The van der Waals surface area contributed by atoms with Gasteiger partial charge in [0.15, 0.2) is 15.0 Å². The Balaban J connectivity index is 1.74. The molecule has 0 aliphatic carbocycles. The normalized spacial score (nSPS) is 19.5. The fraction of sp³-hybridized carbons (Fsp3) is 0.474. The Bertz CT molecular complexity index is 957. The van der Waals surface area contributed by atoms with Crippen LogP contribution in [0.5, 0.6) is 0 Å². The molecule has 0 N–H and O–H groups in total. The molecule has 0 spiro atoms. The molecule has 2 atom stereocenters. The van der Waals surface area contributed by atoms with Gasteiger partial charge in [-0.2, -0.15) is 0 Å². The molecule has 2 aromatic rings. The summed E-state index contributed by atoms with van der Waals surface area (Å²) in [6.45, 7) is 4.64. The average molecular weight is 486 g/mol. The third-order valence-electron chi connectivity index (χ3n) is 5.01. The SMILES string of the molecule is CCn1c(-c2ccc(Br)cc2)cnc1S[C@@H](C)C(=O)N(C)[C@@H]1CCS(=O)(=O)C1. The number of thioether (sulfide) groups is 1. The van der Waals surface area contributed by atoms with E-state index in [9.17, 15) is 13.2 Å². The van der Waals surface area contributed by atoms with Crippen molar-refractivity contribution in [3.8, 4) is 11.3 Å². The molecule has 0 bridgehead atoms. The minimum absolute atomic E-state index is 0.0595. The van der Waals surface area contributed by atoms with Crippen LogP contribution < -0.4 is 0 Å². The third-order valence-corrected chi connectivity index (χ3v) is 8.38. The molecule has 6 nitrogen and oxygen atoms in total. The second kappa shape index (κ2) is 8.59. The molecule has 1 amide bonds. The van der Waals surface area contributed by atoms with Crippen molar-refractivity contribution in [3.05, 3.63) is 34.9 Å². The van der Waals surface area contributed by atoms with E-state index in [-0.39, 0.29) is 28.7 Å². The van der Waals surface area contributed by atoms with Gasteiger partial charge in [0.25, 0.3) is 0 Å². The van der Waals surface area contributed by atoms with Crippen molar-refractivity contribution in [2.24, 2.45) is 0 Å². The van der Waals surface area contributed by atoms with Crippen LogP contribution in [0.2, 0.25) is 0 Å². The number of hydrogen-bond acceptors (Lipinski definition) is 5. The summed E-state index contributed by atoms with van der Waals surface area (Å²) in [7, 11) is -1.32. The highest BCUT2D eigenvalue weighted by Crippen LogP contribution is 2.30. The van der Waals surface area contributed by atoms with Crippen molar-refractivity contribution in [1.29, 1.82) is 0 Å². The zero-order valence-corrected chi connectivity index (χ0v) is 19.3. The van der Waals surface area contributed by atoms with Gasteiger partial charge in [-0.15, -0.1) is 0 Å². The number of hydrogen-bond donors (Lipinski definition) is 0.